The van der Waals surface area contributed by atoms with Crippen molar-refractivity contribution in [1.82, 2.24) is 10.2 Å². The Hall–Kier alpha value is -1.92. The molecule has 0 saturated heterocycles. The van der Waals surface area contributed by atoms with Crippen LogP contribution in [0.25, 0.3) is 0 Å². The summed E-state index contributed by atoms with van der Waals surface area (Å²) in [5.41, 5.74) is 2.28. The zero-order valence-corrected chi connectivity index (χ0v) is 15.2. The van der Waals surface area contributed by atoms with Crippen LogP contribution >= 0.6 is 11.8 Å². The van der Waals surface area contributed by atoms with Gasteiger partial charge in [0.15, 0.2) is 11.6 Å². The number of carbonyl (C=O) groups excluding carboxylic acids is 1. The zero-order valence-electron chi connectivity index (χ0n) is 14.4. The van der Waals surface area contributed by atoms with Gasteiger partial charge in [0.05, 0.1) is 0 Å². The molecule has 6 heteroatoms. The van der Waals surface area contributed by atoms with E-state index in [4.69, 9.17) is 0 Å². The molecule has 0 aliphatic carbocycles. The Bertz CT molecular complexity index is 722. The summed E-state index contributed by atoms with van der Waals surface area (Å²) in [4.78, 5) is 14.7. The van der Waals surface area contributed by atoms with Gasteiger partial charge in [-0.2, -0.15) is 0 Å². The first kappa shape index (κ1) is 19.4. The van der Waals surface area contributed by atoms with Gasteiger partial charge in [-0.15, -0.1) is 11.8 Å². The van der Waals surface area contributed by atoms with Crippen molar-refractivity contribution < 1.29 is 13.6 Å². The van der Waals surface area contributed by atoms with Crippen LogP contribution < -0.4 is 5.32 Å². The van der Waals surface area contributed by atoms with Crippen molar-refractivity contribution in [3.05, 3.63) is 65.2 Å². The van der Waals surface area contributed by atoms with E-state index in [-0.39, 0.29) is 5.91 Å². The van der Waals surface area contributed by atoms with Crippen LogP contribution in [0.1, 0.15) is 17.5 Å². The van der Waals surface area contributed by atoms with Crippen molar-refractivity contribution >= 4 is 17.7 Å². The molecule has 0 aromatic heterocycles. The van der Waals surface area contributed by atoms with Gasteiger partial charge in [0.1, 0.15) is 0 Å². The number of amides is 1. The quantitative estimate of drug-likeness (QED) is 0.723. The number of benzene rings is 2. The fraction of sp³-hybridized carbons (Fsp3) is 0.316. The van der Waals surface area contributed by atoms with Crippen LogP contribution in [0.4, 0.5) is 8.78 Å². The molecule has 0 bridgehead atoms. The summed E-state index contributed by atoms with van der Waals surface area (Å²) in [6.45, 7) is 1.30. The van der Waals surface area contributed by atoms with Gasteiger partial charge in [0.2, 0.25) is 5.91 Å². The lowest BCUT2D eigenvalue weighted by atomic mass is 10.1. The summed E-state index contributed by atoms with van der Waals surface area (Å²) in [6.07, 6.45) is 0.319. The van der Waals surface area contributed by atoms with Gasteiger partial charge in [-0.3, -0.25) is 4.79 Å². The van der Waals surface area contributed by atoms with Crippen LogP contribution in [0.3, 0.4) is 0 Å². The SMILES string of the molecule is CN(C)Cc1ccccc1CNC(=O)CCSc1ccc(F)c(F)c1. The zero-order chi connectivity index (χ0) is 18.2. The maximum absolute atomic E-state index is 13.1. The lowest BCUT2D eigenvalue weighted by molar-refractivity contribution is -0.120. The maximum Gasteiger partial charge on any atom is 0.221 e. The fourth-order valence-corrected chi connectivity index (χ4v) is 3.21. The minimum atomic E-state index is -0.869. The van der Waals surface area contributed by atoms with Gasteiger partial charge >= 0.3 is 0 Å². The molecule has 0 heterocycles. The number of nitrogens with one attached hydrogen (secondary N) is 1. The van der Waals surface area contributed by atoms with E-state index < -0.39 is 11.6 Å². The smallest absolute Gasteiger partial charge is 0.221 e. The molecule has 0 radical (unpaired) electrons. The first-order valence-corrected chi connectivity index (χ1v) is 9.00. The number of nitrogens with zero attached hydrogens (tertiary/aromatic N) is 1. The van der Waals surface area contributed by atoms with Gasteiger partial charge in [-0.25, -0.2) is 8.78 Å². The molecule has 25 heavy (non-hydrogen) atoms. The highest BCUT2D eigenvalue weighted by Crippen LogP contribution is 2.21. The summed E-state index contributed by atoms with van der Waals surface area (Å²) in [5.74, 6) is -1.28. The minimum Gasteiger partial charge on any atom is -0.352 e. The van der Waals surface area contributed by atoms with Crippen molar-refractivity contribution in [3.63, 3.8) is 0 Å². The highest BCUT2D eigenvalue weighted by molar-refractivity contribution is 7.99. The molecule has 0 aliphatic rings. The summed E-state index contributed by atoms with van der Waals surface area (Å²) >= 11 is 1.33. The van der Waals surface area contributed by atoms with E-state index in [2.05, 4.69) is 16.3 Å². The normalized spacial score (nSPS) is 10.9. The standard InChI is InChI=1S/C19H22F2N2OS/c1-23(2)13-15-6-4-3-5-14(15)12-22-19(24)9-10-25-16-7-8-17(20)18(21)11-16/h3-8,11H,9-10,12-13H2,1-2H3,(H,22,24). The second-order valence-electron chi connectivity index (χ2n) is 5.96. The molecule has 134 valence electrons. The van der Waals surface area contributed by atoms with E-state index in [1.807, 2.05) is 32.3 Å². The van der Waals surface area contributed by atoms with E-state index in [9.17, 15) is 13.6 Å². The van der Waals surface area contributed by atoms with E-state index in [1.165, 1.54) is 23.4 Å². The van der Waals surface area contributed by atoms with Crippen LogP contribution in [-0.2, 0) is 17.9 Å². The Labute approximate surface area is 151 Å². The Morgan fingerprint density at radius 1 is 1.08 bits per heavy atom. The Kier molecular flexibility index (Phi) is 7.40. The number of rotatable bonds is 8. The average molecular weight is 364 g/mol. The molecule has 0 unspecified atom stereocenters. The molecule has 3 nitrogen and oxygen atoms in total. The van der Waals surface area contributed by atoms with Crippen molar-refractivity contribution in [3.8, 4) is 0 Å². The third-order valence-corrected chi connectivity index (χ3v) is 4.57. The maximum atomic E-state index is 13.1. The first-order valence-electron chi connectivity index (χ1n) is 8.02. The number of thioether (sulfide) groups is 1. The summed E-state index contributed by atoms with van der Waals surface area (Å²) in [7, 11) is 4.01. The molecule has 2 aromatic rings. The van der Waals surface area contributed by atoms with Gasteiger partial charge in [-0.1, -0.05) is 24.3 Å². The molecule has 0 spiro atoms. The minimum absolute atomic E-state index is 0.0604. The second kappa shape index (κ2) is 9.53. The number of carbonyl (C=O) groups is 1. The van der Waals surface area contributed by atoms with Crippen molar-refractivity contribution in [2.24, 2.45) is 0 Å². The van der Waals surface area contributed by atoms with E-state index in [0.29, 0.717) is 23.6 Å². The van der Waals surface area contributed by atoms with Gasteiger partial charge < -0.3 is 10.2 Å². The third kappa shape index (κ3) is 6.48. The van der Waals surface area contributed by atoms with E-state index in [0.717, 1.165) is 24.2 Å². The fourth-order valence-electron chi connectivity index (χ4n) is 2.34. The molecular weight excluding hydrogens is 342 g/mol. The molecule has 2 rings (SSSR count). The largest absolute Gasteiger partial charge is 0.352 e. The van der Waals surface area contributed by atoms with Crippen LogP contribution in [0.15, 0.2) is 47.4 Å². The highest BCUT2D eigenvalue weighted by Gasteiger charge is 2.07. The van der Waals surface area contributed by atoms with Crippen molar-refractivity contribution in [1.29, 1.82) is 0 Å². The molecule has 1 N–H and O–H groups in total. The molecule has 0 fully saturated rings. The van der Waals surface area contributed by atoms with Crippen molar-refractivity contribution in [2.45, 2.75) is 24.4 Å². The topological polar surface area (TPSA) is 32.3 Å². The summed E-state index contributed by atoms with van der Waals surface area (Å²) in [5, 5.41) is 2.91. The average Bonchev–Trinajstić information content (AvgIpc) is 2.57. The lowest BCUT2D eigenvalue weighted by Gasteiger charge is -2.14. The second-order valence-corrected chi connectivity index (χ2v) is 7.13. The van der Waals surface area contributed by atoms with Crippen molar-refractivity contribution in [2.75, 3.05) is 19.8 Å². The predicted octanol–water partition coefficient (Wildman–Crippen LogP) is 3.83. The van der Waals surface area contributed by atoms with Crippen LogP contribution in [0.5, 0.6) is 0 Å². The Balaban J connectivity index is 1.78. The number of hydrogen-bond donors (Lipinski definition) is 1. The van der Waals surface area contributed by atoms with Gasteiger partial charge in [0.25, 0.3) is 0 Å². The molecule has 1 amide bonds. The molecule has 0 atom stereocenters. The molecule has 0 saturated carbocycles. The van der Waals surface area contributed by atoms with Crippen LogP contribution in [0, 0.1) is 11.6 Å². The highest BCUT2D eigenvalue weighted by atomic mass is 32.2. The van der Waals surface area contributed by atoms with E-state index >= 15 is 0 Å². The Morgan fingerprint density at radius 2 is 1.80 bits per heavy atom. The monoisotopic (exact) mass is 364 g/mol. The number of hydrogen-bond acceptors (Lipinski definition) is 3. The summed E-state index contributed by atoms with van der Waals surface area (Å²) in [6, 6.07) is 11.8. The third-order valence-electron chi connectivity index (χ3n) is 3.57. The first-order chi connectivity index (χ1) is 12.0. The summed E-state index contributed by atoms with van der Waals surface area (Å²) < 4.78 is 26.0. The molecular formula is C19H22F2N2OS. The van der Waals surface area contributed by atoms with Crippen LogP contribution in [0.2, 0.25) is 0 Å². The van der Waals surface area contributed by atoms with Gasteiger partial charge in [0, 0.05) is 30.2 Å². The molecule has 0 aliphatic heterocycles. The van der Waals surface area contributed by atoms with Gasteiger partial charge in [-0.05, 0) is 43.4 Å². The van der Waals surface area contributed by atoms with E-state index in [1.54, 1.807) is 0 Å². The number of halogens is 2. The lowest BCUT2D eigenvalue weighted by Crippen LogP contribution is -2.24. The predicted molar refractivity (Wildman–Crippen MR) is 97.4 cm³/mol. The van der Waals surface area contributed by atoms with Crippen LogP contribution in [-0.4, -0.2) is 30.7 Å². The molecule has 2 aromatic carbocycles. The Morgan fingerprint density at radius 3 is 2.48 bits per heavy atom.